The van der Waals surface area contributed by atoms with Gasteiger partial charge in [-0.3, -0.25) is 4.79 Å². The summed E-state index contributed by atoms with van der Waals surface area (Å²) in [6.07, 6.45) is 1.38. The number of hydrogen-bond acceptors (Lipinski definition) is 3. The van der Waals surface area contributed by atoms with Crippen molar-refractivity contribution in [1.29, 1.82) is 0 Å². The van der Waals surface area contributed by atoms with E-state index in [1.54, 1.807) is 42.5 Å². The van der Waals surface area contributed by atoms with Gasteiger partial charge in [-0.25, -0.2) is 17.2 Å². The number of aromatic nitrogens is 1. The fourth-order valence-electron chi connectivity index (χ4n) is 3.22. The van der Waals surface area contributed by atoms with Crippen LogP contribution < -0.4 is 5.32 Å². The number of carbonyl (C=O) groups is 1. The summed E-state index contributed by atoms with van der Waals surface area (Å²) in [4.78, 5) is 12.6. The molecule has 0 spiro atoms. The number of para-hydroxylation sites is 1. The Morgan fingerprint density at radius 2 is 1.63 bits per heavy atom. The van der Waals surface area contributed by atoms with Crippen LogP contribution in [0, 0.1) is 11.6 Å². The molecule has 0 saturated carbocycles. The lowest BCUT2D eigenvalue weighted by atomic mass is 10.2. The number of anilines is 1. The third kappa shape index (κ3) is 3.69. The molecule has 152 valence electrons. The van der Waals surface area contributed by atoms with Gasteiger partial charge in [0, 0.05) is 23.2 Å². The molecular formula is C22H16F2N2O3S. The number of sulfone groups is 1. The Kier molecular flexibility index (Phi) is 5.09. The van der Waals surface area contributed by atoms with Gasteiger partial charge in [0.05, 0.1) is 15.5 Å². The van der Waals surface area contributed by atoms with Crippen molar-refractivity contribution in [2.75, 3.05) is 5.32 Å². The molecule has 1 amide bonds. The van der Waals surface area contributed by atoms with Crippen LogP contribution in [0.5, 0.6) is 0 Å². The first kappa shape index (κ1) is 19.8. The Hall–Kier alpha value is -3.52. The molecule has 0 atom stereocenters. The molecule has 1 aromatic heterocycles. The van der Waals surface area contributed by atoms with Crippen molar-refractivity contribution in [1.82, 2.24) is 4.57 Å². The molecule has 4 aromatic rings. The fraction of sp³-hybridized carbons (Fsp3) is 0.0455. The van der Waals surface area contributed by atoms with Crippen molar-refractivity contribution < 1.29 is 22.0 Å². The molecule has 8 heteroatoms. The number of carbonyl (C=O) groups excluding carboxylic acids is 1. The zero-order chi connectivity index (χ0) is 21.3. The van der Waals surface area contributed by atoms with Gasteiger partial charge in [-0.15, -0.1) is 0 Å². The van der Waals surface area contributed by atoms with E-state index < -0.39 is 27.4 Å². The molecule has 30 heavy (non-hydrogen) atoms. The van der Waals surface area contributed by atoms with E-state index in [1.165, 1.54) is 22.9 Å². The molecule has 1 heterocycles. The number of benzene rings is 3. The summed E-state index contributed by atoms with van der Waals surface area (Å²) >= 11 is 0. The van der Waals surface area contributed by atoms with E-state index >= 15 is 0 Å². The minimum absolute atomic E-state index is 0.0639. The highest BCUT2D eigenvalue weighted by atomic mass is 32.2. The van der Waals surface area contributed by atoms with Crippen LogP contribution in [0.2, 0.25) is 0 Å². The molecule has 0 fully saturated rings. The molecule has 5 nitrogen and oxygen atoms in total. The van der Waals surface area contributed by atoms with Gasteiger partial charge >= 0.3 is 0 Å². The maximum Gasteiger partial charge on any atom is 0.244 e. The number of nitrogens with one attached hydrogen (secondary N) is 1. The smallest absolute Gasteiger partial charge is 0.244 e. The van der Waals surface area contributed by atoms with Crippen molar-refractivity contribution in [3.63, 3.8) is 0 Å². The monoisotopic (exact) mass is 426 g/mol. The first-order chi connectivity index (χ1) is 14.4. The van der Waals surface area contributed by atoms with Crippen molar-refractivity contribution in [3.05, 3.63) is 90.6 Å². The number of nitrogens with zero attached hydrogens (tertiary/aromatic N) is 1. The maximum absolute atomic E-state index is 13.8. The van der Waals surface area contributed by atoms with Crippen molar-refractivity contribution in [2.24, 2.45) is 0 Å². The fourth-order valence-corrected chi connectivity index (χ4v) is 4.72. The topological polar surface area (TPSA) is 68.2 Å². The minimum atomic E-state index is -3.81. The second-order valence-corrected chi connectivity index (χ2v) is 8.55. The van der Waals surface area contributed by atoms with E-state index in [1.807, 2.05) is 0 Å². The van der Waals surface area contributed by atoms with Crippen LogP contribution in [-0.4, -0.2) is 18.9 Å². The van der Waals surface area contributed by atoms with Gasteiger partial charge in [0.2, 0.25) is 15.7 Å². The summed E-state index contributed by atoms with van der Waals surface area (Å²) in [7, 11) is -3.81. The van der Waals surface area contributed by atoms with Crippen LogP contribution in [0.25, 0.3) is 10.9 Å². The van der Waals surface area contributed by atoms with Crippen molar-refractivity contribution in [2.45, 2.75) is 16.3 Å². The standard InChI is InChI=1S/C22H16F2N2O3S/c23-15-10-11-18(24)19(12-15)25-22(27)14-26-13-21(17-8-4-5-9-20(17)26)30(28,29)16-6-2-1-3-7-16/h1-13H,14H2,(H,25,27). The summed E-state index contributed by atoms with van der Waals surface area (Å²) in [6, 6.07) is 17.5. The zero-order valence-electron chi connectivity index (χ0n) is 15.5. The normalized spacial score (nSPS) is 11.5. The van der Waals surface area contributed by atoms with E-state index in [2.05, 4.69) is 5.32 Å². The molecule has 1 N–H and O–H groups in total. The molecular weight excluding hydrogens is 410 g/mol. The van der Waals surface area contributed by atoms with Crippen molar-refractivity contribution in [3.8, 4) is 0 Å². The lowest BCUT2D eigenvalue weighted by molar-refractivity contribution is -0.116. The van der Waals surface area contributed by atoms with Crippen LogP contribution in [0.3, 0.4) is 0 Å². The van der Waals surface area contributed by atoms with Crippen LogP contribution in [0.1, 0.15) is 0 Å². The first-order valence-electron chi connectivity index (χ1n) is 8.99. The Morgan fingerprint density at radius 3 is 2.40 bits per heavy atom. The minimum Gasteiger partial charge on any atom is -0.337 e. The Labute approximate surface area is 171 Å². The van der Waals surface area contributed by atoms with Gasteiger partial charge in [-0.05, 0) is 30.3 Å². The molecule has 0 bridgehead atoms. The van der Waals surface area contributed by atoms with Gasteiger partial charge in [-0.1, -0.05) is 36.4 Å². The lowest BCUT2D eigenvalue weighted by Gasteiger charge is -2.08. The molecule has 0 aliphatic rings. The van der Waals surface area contributed by atoms with Crippen LogP contribution in [-0.2, 0) is 21.2 Å². The summed E-state index contributed by atoms with van der Waals surface area (Å²) < 4.78 is 54.8. The van der Waals surface area contributed by atoms with Crippen molar-refractivity contribution >= 4 is 32.3 Å². The van der Waals surface area contributed by atoms with E-state index in [0.717, 1.165) is 18.2 Å². The Balaban J connectivity index is 1.71. The third-order valence-electron chi connectivity index (χ3n) is 4.61. The lowest BCUT2D eigenvalue weighted by Crippen LogP contribution is -2.19. The maximum atomic E-state index is 13.8. The highest BCUT2D eigenvalue weighted by molar-refractivity contribution is 7.91. The number of fused-ring (bicyclic) bond motifs is 1. The number of rotatable bonds is 5. The predicted molar refractivity (Wildman–Crippen MR) is 109 cm³/mol. The molecule has 3 aromatic carbocycles. The molecule has 4 rings (SSSR count). The second kappa shape index (κ2) is 7.72. The molecule has 0 unspecified atom stereocenters. The van der Waals surface area contributed by atoms with E-state index in [9.17, 15) is 22.0 Å². The number of amides is 1. The average molecular weight is 426 g/mol. The second-order valence-electron chi connectivity index (χ2n) is 6.63. The average Bonchev–Trinajstić information content (AvgIpc) is 3.11. The van der Waals surface area contributed by atoms with Crippen LogP contribution in [0.4, 0.5) is 14.5 Å². The number of halogens is 2. The largest absolute Gasteiger partial charge is 0.337 e. The van der Waals surface area contributed by atoms with E-state index in [-0.39, 0.29) is 22.0 Å². The summed E-state index contributed by atoms with van der Waals surface area (Å²) in [5, 5.41) is 2.78. The molecule has 0 aliphatic heterocycles. The van der Waals surface area contributed by atoms with Crippen LogP contribution in [0.15, 0.2) is 88.8 Å². The van der Waals surface area contributed by atoms with Gasteiger partial charge in [0.15, 0.2) is 0 Å². The molecule has 0 radical (unpaired) electrons. The van der Waals surface area contributed by atoms with Crippen LogP contribution >= 0.6 is 0 Å². The predicted octanol–water partition coefficient (Wildman–Crippen LogP) is 4.39. The van der Waals surface area contributed by atoms with E-state index in [4.69, 9.17) is 0 Å². The summed E-state index contributed by atoms with van der Waals surface area (Å²) in [5.74, 6) is -2.08. The summed E-state index contributed by atoms with van der Waals surface area (Å²) in [5.41, 5.74) is 0.246. The Bertz CT molecular complexity index is 1350. The van der Waals surface area contributed by atoms with Gasteiger partial charge in [0.25, 0.3) is 0 Å². The third-order valence-corrected chi connectivity index (χ3v) is 6.41. The van der Waals surface area contributed by atoms with Gasteiger partial charge < -0.3 is 9.88 Å². The SMILES string of the molecule is O=C(Cn1cc(S(=O)(=O)c2ccccc2)c2ccccc21)Nc1cc(F)ccc1F. The first-order valence-corrected chi connectivity index (χ1v) is 10.5. The summed E-state index contributed by atoms with van der Waals surface area (Å²) in [6.45, 7) is -0.277. The zero-order valence-corrected chi connectivity index (χ0v) is 16.4. The number of hydrogen-bond donors (Lipinski definition) is 1. The van der Waals surface area contributed by atoms with E-state index in [0.29, 0.717) is 10.9 Å². The molecule has 0 saturated heterocycles. The molecule has 0 aliphatic carbocycles. The van der Waals surface area contributed by atoms with Gasteiger partial charge in [-0.2, -0.15) is 0 Å². The quantitative estimate of drug-likeness (QED) is 0.515. The Morgan fingerprint density at radius 1 is 0.933 bits per heavy atom. The highest BCUT2D eigenvalue weighted by Crippen LogP contribution is 2.30. The highest BCUT2D eigenvalue weighted by Gasteiger charge is 2.23. The van der Waals surface area contributed by atoms with Gasteiger partial charge in [0.1, 0.15) is 18.2 Å².